The molecule has 1 atom stereocenters. The van der Waals surface area contributed by atoms with Crippen LogP contribution in [0.5, 0.6) is 5.75 Å². The molecule has 0 unspecified atom stereocenters. The Kier molecular flexibility index (Phi) is 23.5. The van der Waals surface area contributed by atoms with E-state index in [0.717, 1.165) is 33.2 Å². The van der Waals surface area contributed by atoms with Gasteiger partial charge in [-0.15, -0.1) is 21.5 Å². The predicted molar refractivity (Wildman–Crippen MR) is 257 cm³/mol. The van der Waals surface area contributed by atoms with Crippen LogP contribution >= 0.6 is 22.9 Å². The molecule has 1 aromatic carbocycles. The van der Waals surface area contributed by atoms with Gasteiger partial charge in [-0.2, -0.15) is 0 Å². The number of carbonyl (C=O) groups is 2. The topological polar surface area (TPSA) is 206 Å². The molecule has 68 heavy (non-hydrogen) atoms. The normalized spacial score (nSPS) is 13.4. The second-order valence-corrected chi connectivity index (χ2v) is 17.9. The summed E-state index contributed by atoms with van der Waals surface area (Å²) in [5.41, 5.74) is 3.76. The average Bonchev–Trinajstić information content (AvgIpc) is 3.78. The fourth-order valence-corrected chi connectivity index (χ4v) is 7.83. The van der Waals surface area contributed by atoms with E-state index in [1.807, 2.05) is 56.5 Å². The average molecular weight is 989 g/mol. The maximum absolute atomic E-state index is 13.6. The molecular formula is C47H66ClN7O12S. The second kappa shape index (κ2) is 29.4. The zero-order chi connectivity index (χ0) is 48.6. The van der Waals surface area contributed by atoms with E-state index in [-0.39, 0.29) is 18.9 Å². The molecule has 0 fully saturated rings. The molecule has 0 radical (unpaired) electrons. The molecule has 0 aliphatic carbocycles. The van der Waals surface area contributed by atoms with Crippen LogP contribution in [-0.2, 0) is 47.4 Å². The molecule has 0 bridgehead atoms. The first-order valence-corrected chi connectivity index (χ1v) is 23.9. The minimum absolute atomic E-state index is 0.0258. The Morgan fingerprint density at radius 2 is 1.25 bits per heavy atom. The highest BCUT2D eigenvalue weighted by Crippen LogP contribution is 2.39. The number of amides is 2. The van der Waals surface area contributed by atoms with Gasteiger partial charge in [-0.1, -0.05) is 23.7 Å². The van der Waals surface area contributed by atoms with E-state index in [1.165, 1.54) is 4.88 Å². The molecule has 5 rings (SSSR count). The lowest BCUT2D eigenvalue weighted by molar-refractivity contribution is -0.116. The number of hydrogen-bond acceptors (Lipinski definition) is 17. The number of benzene rings is 1. The van der Waals surface area contributed by atoms with Crippen LogP contribution in [0, 0.1) is 20.8 Å². The van der Waals surface area contributed by atoms with Crippen LogP contribution in [0.15, 0.2) is 47.7 Å². The zero-order valence-corrected chi connectivity index (χ0v) is 41.5. The summed E-state index contributed by atoms with van der Waals surface area (Å²) >= 11 is 7.90. The number of hydrogen-bond donors (Lipinski definition) is 2. The first kappa shape index (κ1) is 54.3. The quantitative estimate of drug-likeness (QED) is 0.0518. The van der Waals surface area contributed by atoms with Gasteiger partial charge in [0.25, 0.3) is 0 Å². The number of carbonyl (C=O) groups excluding carboxylic acids is 2. The largest absolute Gasteiger partial charge is 0.489 e. The maximum atomic E-state index is 13.6. The second-order valence-electron chi connectivity index (χ2n) is 16.2. The number of nitrogens with one attached hydrogen (secondary N) is 2. The third-order valence-electron chi connectivity index (χ3n) is 9.75. The van der Waals surface area contributed by atoms with E-state index < -0.39 is 17.7 Å². The van der Waals surface area contributed by atoms with Gasteiger partial charge < -0.3 is 58.0 Å². The summed E-state index contributed by atoms with van der Waals surface area (Å²) < 4.78 is 57.2. The number of nitrogens with zero attached hydrogens (tertiary/aromatic N) is 5. The van der Waals surface area contributed by atoms with Crippen molar-refractivity contribution in [3.05, 3.63) is 81.0 Å². The van der Waals surface area contributed by atoms with Gasteiger partial charge in [-0.25, -0.2) is 4.79 Å². The summed E-state index contributed by atoms with van der Waals surface area (Å²) in [5.74, 6) is 1.55. The van der Waals surface area contributed by atoms with Crippen LogP contribution < -0.4 is 15.4 Å². The third kappa shape index (κ3) is 19.1. The summed E-state index contributed by atoms with van der Waals surface area (Å²) in [7, 11) is 0. The Balaban J connectivity index is 0.837. The fraction of sp³-hybridized carbons (Fsp3) is 0.574. The Morgan fingerprint density at radius 1 is 0.721 bits per heavy atom. The number of thiophene rings is 1. The molecule has 3 aromatic heterocycles. The van der Waals surface area contributed by atoms with Crippen LogP contribution in [0.25, 0.3) is 5.00 Å². The first-order valence-electron chi connectivity index (χ1n) is 22.7. The highest BCUT2D eigenvalue weighted by Gasteiger charge is 2.32. The number of aryl methyl sites for hydroxylation is 2. The molecule has 0 saturated carbocycles. The van der Waals surface area contributed by atoms with Crippen LogP contribution in [0.1, 0.15) is 66.5 Å². The molecule has 374 valence electrons. The van der Waals surface area contributed by atoms with Crippen molar-refractivity contribution >= 4 is 46.3 Å². The molecule has 1 aliphatic heterocycles. The van der Waals surface area contributed by atoms with E-state index in [4.69, 9.17) is 64.0 Å². The lowest BCUT2D eigenvalue weighted by atomic mass is 9.99. The molecule has 4 aromatic rings. The standard InChI is InChI=1S/C47H66ClN7O12S/c1-33-34(2)68-45-42(33)43(36-7-9-37(48)10-8-36)52-40(44-54-53-35(3)55(44)45)30-41(56)51-38-29-39(32-49-31-38)66-28-27-65-26-25-64-24-23-63-22-21-62-20-19-61-18-17-60-16-15-59-14-13-58-12-11-50-46(57)67-47(4,5)6/h7-10,29,31-32,40H,11-28,30H2,1-6H3,(H,50,57)(H,51,56)/t40-/m0/s1. The highest BCUT2D eigenvalue weighted by atomic mass is 35.5. The molecule has 2 N–H and O–H groups in total. The minimum atomic E-state index is -0.606. The van der Waals surface area contributed by atoms with Crippen LogP contribution in [0.3, 0.4) is 0 Å². The van der Waals surface area contributed by atoms with Crippen molar-refractivity contribution in [2.75, 3.05) is 124 Å². The number of anilines is 1. The smallest absolute Gasteiger partial charge is 0.407 e. The van der Waals surface area contributed by atoms with Crippen molar-refractivity contribution in [2.45, 2.75) is 59.6 Å². The van der Waals surface area contributed by atoms with Gasteiger partial charge in [-0.05, 0) is 59.2 Å². The third-order valence-corrected chi connectivity index (χ3v) is 11.2. The molecular weight excluding hydrogens is 922 g/mol. The Labute approximate surface area is 407 Å². The van der Waals surface area contributed by atoms with Crippen molar-refractivity contribution in [1.29, 1.82) is 0 Å². The number of alkyl carbamates (subject to hydrolysis) is 1. The van der Waals surface area contributed by atoms with Crippen molar-refractivity contribution in [2.24, 2.45) is 4.99 Å². The van der Waals surface area contributed by atoms with Crippen LogP contribution in [0.4, 0.5) is 10.5 Å². The summed E-state index contributed by atoms with van der Waals surface area (Å²) in [5, 5.41) is 16.1. The number of pyridine rings is 1. The molecule has 0 saturated heterocycles. The first-order chi connectivity index (χ1) is 32.9. The monoisotopic (exact) mass is 987 g/mol. The highest BCUT2D eigenvalue weighted by molar-refractivity contribution is 7.15. The number of rotatable bonds is 32. The van der Waals surface area contributed by atoms with E-state index in [0.29, 0.717) is 135 Å². The number of aliphatic imine (C=N–C) groups is 1. The van der Waals surface area contributed by atoms with Gasteiger partial charge >= 0.3 is 6.09 Å². The number of fused-ring (bicyclic) bond motifs is 3. The molecule has 1 aliphatic rings. The van der Waals surface area contributed by atoms with E-state index in [2.05, 4.69) is 39.7 Å². The summed E-state index contributed by atoms with van der Waals surface area (Å²) in [6, 6.07) is 8.69. The Hall–Kier alpha value is -4.61. The summed E-state index contributed by atoms with van der Waals surface area (Å²) in [4.78, 5) is 35.7. The van der Waals surface area contributed by atoms with E-state index in [1.54, 1.807) is 29.8 Å². The SMILES string of the molecule is Cc1sc2c(c1C)C(c1ccc(Cl)cc1)=N[C@@H](CC(=O)Nc1cncc(OCCOCCOCCOCCOCCOCCOCCOCCOCCNC(=O)OC(C)(C)C)c1)c1nnc(C)n1-2. The minimum Gasteiger partial charge on any atom is -0.489 e. The van der Waals surface area contributed by atoms with Gasteiger partial charge in [0.1, 0.15) is 34.8 Å². The van der Waals surface area contributed by atoms with E-state index >= 15 is 0 Å². The maximum Gasteiger partial charge on any atom is 0.407 e. The van der Waals surface area contributed by atoms with Crippen LogP contribution in [-0.4, -0.2) is 162 Å². The van der Waals surface area contributed by atoms with Crippen molar-refractivity contribution in [1.82, 2.24) is 25.1 Å². The molecule has 2 amide bonds. The molecule has 21 heteroatoms. The number of aromatic nitrogens is 4. The number of ether oxygens (including phenoxy) is 10. The van der Waals surface area contributed by atoms with E-state index in [9.17, 15) is 9.59 Å². The van der Waals surface area contributed by atoms with Crippen molar-refractivity contribution in [3.8, 4) is 10.8 Å². The molecule has 4 heterocycles. The molecule has 0 spiro atoms. The summed E-state index contributed by atoms with van der Waals surface area (Å²) in [6.07, 6.45) is 2.71. The predicted octanol–water partition coefficient (Wildman–Crippen LogP) is 6.26. The van der Waals surface area contributed by atoms with Crippen molar-refractivity contribution in [3.63, 3.8) is 0 Å². The van der Waals surface area contributed by atoms with Gasteiger partial charge in [0.2, 0.25) is 5.91 Å². The zero-order valence-electron chi connectivity index (χ0n) is 40.0. The lowest BCUT2D eigenvalue weighted by Gasteiger charge is -2.19. The van der Waals surface area contributed by atoms with Crippen molar-refractivity contribution < 1.29 is 57.0 Å². The number of halogens is 1. The Morgan fingerprint density at radius 3 is 1.79 bits per heavy atom. The summed E-state index contributed by atoms with van der Waals surface area (Å²) in [6.45, 7) is 19.1. The Bertz CT molecular complexity index is 2170. The van der Waals surface area contributed by atoms with Gasteiger partial charge in [-0.3, -0.25) is 19.3 Å². The van der Waals surface area contributed by atoms with Gasteiger partial charge in [0.05, 0.1) is 136 Å². The fourth-order valence-electron chi connectivity index (χ4n) is 6.49. The van der Waals surface area contributed by atoms with Gasteiger partial charge in [0, 0.05) is 33.6 Å². The van der Waals surface area contributed by atoms with Crippen LogP contribution in [0.2, 0.25) is 5.02 Å². The molecule has 19 nitrogen and oxygen atoms in total. The van der Waals surface area contributed by atoms with Gasteiger partial charge in [0.15, 0.2) is 5.82 Å². The lowest BCUT2D eigenvalue weighted by Crippen LogP contribution is -2.34.